The molecule has 102 valence electrons. The Morgan fingerprint density at radius 3 is 2.11 bits per heavy atom. The average molecular weight is 248 g/mol. The molecule has 0 amide bonds. The highest BCUT2D eigenvalue weighted by molar-refractivity contribution is 5.93. The molecule has 1 heteroatoms. The van der Waals surface area contributed by atoms with Crippen molar-refractivity contribution in [2.75, 3.05) is 0 Å². The summed E-state index contributed by atoms with van der Waals surface area (Å²) >= 11 is 0. The van der Waals surface area contributed by atoms with E-state index in [1.165, 1.54) is 18.4 Å². The second kappa shape index (κ2) is 3.95. The van der Waals surface area contributed by atoms with Gasteiger partial charge in [0.25, 0.3) is 0 Å². The molecule has 2 saturated carbocycles. The van der Waals surface area contributed by atoms with E-state index in [-0.39, 0.29) is 5.78 Å². The molecule has 0 aromatic rings. The van der Waals surface area contributed by atoms with Crippen LogP contribution >= 0.6 is 0 Å². The van der Waals surface area contributed by atoms with Crippen LogP contribution in [-0.4, -0.2) is 5.78 Å². The first-order valence-corrected chi connectivity index (χ1v) is 7.31. The molecule has 2 rings (SSSR count). The van der Waals surface area contributed by atoms with Gasteiger partial charge in [0, 0.05) is 0 Å². The molecule has 1 nitrogen and oxygen atoms in total. The summed E-state index contributed by atoms with van der Waals surface area (Å²) in [7, 11) is 0. The smallest absolute Gasteiger partial charge is 0.155 e. The van der Waals surface area contributed by atoms with Crippen molar-refractivity contribution in [1.29, 1.82) is 0 Å². The first-order valence-electron chi connectivity index (χ1n) is 7.31. The van der Waals surface area contributed by atoms with Gasteiger partial charge in [0.15, 0.2) is 5.78 Å². The Hall–Kier alpha value is -0.590. The monoisotopic (exact) mass is 248 g/mol. The Kier molecular flexibility index (Phi) is 3.04. The van der Waals surface area contributed by atoms with E-state index >= 15 is 0 Å². The molecule has 0 aliphatic heterocycles. The van der Waals surface area contributed by atoms with Crippen LogP contribution < -0.4 is 0 Å². The first kappa shape index (κ1) is 13.8. The van der Waals surface area contributed by atoms with Gasteiger partial charge in [-0.1, -0.05) is 33.3 Å². The number of carbonyl (C=O) groups excluding carboxylic acids is 1. The molecule has 18 heavy (non-hydrogen) atoms. The zero-order valence-corrected chi connectivity index (χ0v) is 13.1. The third-order valence-corrected chi connectivity index (χ3v) is 6.75. The highest BCUT2D eigenvalue weighted by Gasteiger charge is 2.67. The molecule has 0 radical (unpaired) electrons. The average Bonchev–Trinajstić information content (AvgIpc) is 2.90. The van der Waals surface area contributed by atoms with Gasteiger partial charge in [-0.3, -0.25) is 4.79 Å². The topological polar surface area (TPSA) is 17.1 Å². The fraction of sp³-hybridized carbons (Fsp3) is 0.824. The van der Waals surface area contributed by atoms with Crippen molar-refractivity contribution in [2.24, 2.45) is 28.6 Å². The molecule has 0 aromatic heterocycles. The van der Waals surface area contributed by atoms with Crippen molar-refractivity contribution in [3.63, 3.8) is 0 Å². The summed E-state index contributed by atoms with van der Waals surface area (Å²) in [4.78, 5) is 11.5. The minimum atomic E-state index is 0.228. The number of hydrogen-bond acceptors (Lipinski definition) is 1. The third-order valence-electron chi connectivity index (χ3n) is 6.75. The largest absolute Gasteiger partial charge is 0.295 e. The number of Topliss-reactive ketones (excluding diaryl/α,β-unsaturated/α-hetero) is 1. The van der Waals surface area contributed by atoms with Crippen LogP contribution in [0, 0.1) is 28.6 Å². The normalized spacial score (nSPS) is 39.9. The quantitative estimate of drug-likeness (QED) is 0.666. The SMILES string of the molecule is CC(=O)/C(C)=C(\C)C(C)C1CC2CC2(C)C1(C)C. The number of hydrogen-bond donors (Lipinski definition) is 0. The van der Waals surface area contributed by atoms with Crippen LogP contribution in [0.2, 0.25) is 0 Å². The number of carbonyl (C=O) groups is 1. The zero-order valence-electron chi connectivity index (χ0n) is 13.1. The minimum Gasteiger partial charge on any atom is -0.295 e. The molecule has 0 heterocycles. The maximum Gasteiger partial charge on any atom is 0.155 e. The van der Waals surface area contributed by atoms with Gasteiger partial charge in [-0.05, 0) is 67.8 Å². The highest BCUT2D eigenvalue weighted by atomic mass is 16.1. The predicted molar refractivity (Wildman–Crippen MR) is 76.3 cm³/mol. The lowest BCUT2D eigenvalue weighted by Crippen LogP contribution is -2.32. The predicted octanol–water partition coefficient (Wildman–Crippen LogP) is 4.62. The molecule has 2 aliphatic rings. The highest BCUT2D eigenvalue weighted by Crippen LogP contribution is 2.75. The van der Waals surface area contributed by atoms with E-state index in [9.17, 15) is 4.79 Å². The van der Waals surface area contributed by atoms with E-state index in [0.29, 0.717) is 16.7 Å². The summed E-state index contributed by atoms with van der Waals surface area (Å²) in [6.45, 7) is 15.5. The maximum absolute atomic E-state index is 11.5. The fourth-order valence-corrected chi connectivity index (χ4v) is 4.36. The zero-order chi connectivity index (χ0) is 13.9. The van der Waals surface area contributed by atoms with Crippen molar-refractivity contribution >= 4 is 5.78 Å². The van der Waals surface area contributed by atoms with Crippen molar-refractivity contribution in [3.05, 3.63) is 11.1 Å². The van der Waals surface area contributed by atoms with Crippen LogP contribution in [0.15, 0.2) is 11.1 Å². The van der Waals surface area contributed by atoms with E-state index in [1.807, 2.05) is 6.92 Å². The van der Waals surface area contributed by atoms with Crippen LogP contribution in [0.25, 0.3) is 0 Å². The van der Waals surface area contributed by atoms with E-state index in [2.05, 4.69) is 34.6 Å². The van der Waals surface area contributed by atoms with Gasteiger partial charge in [-0.25, -0.2) is 0 Å². The van der Waals surface area contributed by atoms with E-state index in [1.54, 1.807) is 6.92 Å². The molecule has 0 aromatic carbocycles. The van der Waals surface area contributed by atoms with Gasteiger partial charge in [-0.15, -0.1) is 0 Å². The van der Waals surface area contributed by atoms with E-state index in [4.69, 9.17) is 0 Å². The number of ketones is 1. The lowest BCUT2D eigenvalue weighted by molar-refractivity contribution is -0.113. The second-order valence-electron chi connectivity index (χ2n) is 7.54. The van der Waals surface area contributed by atoms with E-state index in [0.717, 1.165) is 17.4 Å². The van der Waals surface area contributed by atoms with Gasteiger partial charge >= 0.3 is 0 Å². The summed E-state index contributed by atoms with van der Waals surface area (Å²) in [6, 6.07) is 0. The van der Waals surface area contributed by atoms with Crippen molar-refractivity contribution in [3.8, 4) is 0 Å². The van der Waals surface area contributed by atoms with Crippen LogP contribution in [0.4, 0.5) is 0 Å². The van der Waals surface area contributed by atoms with Gasteiger partial charge in [0.2, 0.25) is 0 Å². The molecule has 2 aliphatic carbocycles. The lowest BCUT2D eigenvalue weighted by atomic mass is 9.65. The second-order valence-corrected chi connectivity index (χ2v) is 7.54. The molecule has 4 atom stereocenters. The molecule has 0 spiro atoms. The van der Waals surface area contributed by atoms with Crippen molar-refractivity contribution in [2.45, 2.75) is 61.3 Å². The minimum absolute atomic E-state index is 0.228. The molecular formula is C17H28O. The van der Waals surface area contributed by atoms with Gasteiger partial charge in [0.05, 0.1) is 0 Å². The molecule has 0 bridgehead atoms. The summed E-state index contributed by atoms with van der Waals surface area (Å²) in [5.41, 5.74) is 3.26. The van der Waals surface area contributed by atoms with Gasteiger partial charge < -0.3 is 0 Å². The van der Waals surface area contributed by atoms with Crippen molar-refractivity contribution < 1.29 is 4.79 Å². The number of allylic oxidation sites excluding steroid dienone is 2. The molecule has 0 N–H and O–H groups in total. The Morgan fingerprint density at radius 1 is 1.17 bits per heavy atom. The molecule has 4 unspecified atom stereocenters. The van der Waals surface area contributed by atoms with Gasteiger partial charge in [-0.2, -0.15) is 0 Å². The third kappa shape index (κ3) is 1.70. The number of rotatable bonds is 3. The van der Waals surface area contributed by atoms with Crippen molar-refractivity contribution in [1.82, 2.24) is 0 Å². The Morgan fingerprint density at radius 2 is 1.72 bits per heavy atom. The molecule has 2 fully saturated rings. The van der Waals surface area contributed by atoms with Crippen LogP contribution in [-0.2, 0) is 4.79 Å². The van der Waals surface area contributed by atoms with E-state index < -0.39 is 0 Å². The standard InChI is InChI=1S/C17H28O/c1-10(11(2)13(4)18)12(3)15-8-14-9-17(14,7)16(15,5)6/h12,14-15H,8-9H2,1-7H3/b11-10+. The van der Waals surface area contributed by atoms with Gasteiger partial charge in [0.1, 0.15) is 0 Å². The maximum atomic E-state index is 11.5. The molecular weight excluding hydrogens is 220 g/mol. The summed E-state index contributed by atoms with van der Waals surface area (Å²) < 4.78 is 0. The number of fused-ring (bicyclic) bond motifs is 1. The fourth-order valence-electron chi connectivity index (χ4n) is 4.36. The van der Waals surface area contributed by atoms with Crippen LogP contribution in [0.3, 0.4) is 0 Å². The Bertz CT molecular complexity index is 415. The Labute approximate surface area is 112 Å². The molecule has 0 saturated heterocycles. The summed E-state index contributed by atoms with van der Waals surface area (Å²) in [6.07, 6.45) is 2.77. The Balaban J connectivity index is 2.24. The summed E-state index contributed by atoms with van der Waals surface area (Å²) in [5, 5.41) is 0. The lowest BCUT2D eigenvalue weighted by Gasteiger charge is -2.39. The first-order chi connectivity index (χ1) is 8.13. The summed E-state index contributed by atoms with van der Waals surface area (Å²) in [5.74, 6) is 2.43. The van der Waals surface area contributed by atoms with Crippen LogP contribution in [0.1, 0.15) is 61.3 Å². The van der Waals surface area contributed by atoms with Crippen LogP contribution in [0.5, 0.6) is 0 Å².